The monoisotopic (exact) mass is 252 g/mol. The van der Waals surface area contributed by atoms with E-state index in [2.05, 4.69) is 30.6 Å². The molecule has 1 fully saturated rings. The summed E-state index contributed by atoms with van der Waals surface area (Å²) in [4.78, 5) is 2.65. The van der Waals surface area contributed by atoms with E-state index in [1.165, 1.54) is 57.4 Å². The van der Waals surface area contributed by atoms with Crippen molar-refractivity contribution in [3.8, 4) is 0 Å². The number of nitrogens with zero attached hydrogens (tertiary/aromatic N) is 1. The van der Waals surface area contributed by atoms with E-state index in [4.69, 9.17) is 0 Å². The van der Waals surface area contributed by atoms with Crippen LogP contribution in [0.5, 0.6) is 0 Å². The Morgan fingerprint density at radius 3 is 2.50 bits per heavy atom. The quantitative estimate of drug-likeness (QED) is 0.663. The molecule has 1 heterocycles. The van der Waals surface area contributed by atoms with Crippen molar-refractivity contribution in [3.05, 3.63) is 12.3 Å². The van der Waals surface area contributed by atoms with Gasteiger partial charge < -0.3 is 10.2 Å². The van der Waals surface area contributed by atoms with Crippen molar-refractivity contribution in [1.29, 1.82) is 0 Å². The minimum Gasteiger partial charge on any atom is -0.392 e. The van der Waals surface area contributed by atoms with Gasteiger partial charge in [-0.05, 0) is 57.2 Å². The van der Waals surface area contributed by atoms with E-state index in [-0.39, 0.29) is 0 Å². The number of unbranched alkanes of at least 4 members (excludes halogenated alkanes) is 1. The molecule has 0 aromatic rings. The Bertz CT molecular complexity index is 227. The third kappa shape index (κ3) is 6.44. The summed E-state index contributed by atoms with van der Waals surface area (Å²) in [5.74, 6) is 1.72. The molecule has 0 aromatic carbocycles. The molecule has 1 saturated heterocycles. The van der Waals surface area contributed by atoms with E-state index in [0.29, 0.717) is 0 Å². The molecule has 0 atom stereocenters. The zero-order valence-corrected chi connectivity index (χ0v) is 12.7. The van der Waals surface area contributed by atoms with Crippen LogP contribution in [0.15, 0.2) is 12.3 Å². The van der Waals surface area contributed by atoms with E-state index in [0.717, 1.165) is 18.3 Å². The lowest BCUT2D eigenvalue weighted by Gasteiger charge is -2.32. The molecular formula is C16H32N2. The van der Waals surface area contributed by atoms with Crippen molar-refractivity contribution in [2.75, 3.05) is 26.7 Å². The molecule has 0 unspecified atom stereocenters. The molecule has 0 aliphatic carbocycles. The Morgan fingerprint density at radius 2 is 1.94 bits per heavy atom. The normalized spacial score (nSPS) is 18.2. The molecule has 1 aliphatic heterocycles. The molecule has 18 heavy (non-hydrogen) atoms. The Morgan fingerprint density at radius 1 is 1.28 bits per heavy atom. The minimum atomic E-state index is 0.858. The lowest BCUT2D eigenvalue weighted by atomic mass is 9.92. The molecule has 1 N–H and O–H groups in total. The second kappa shape index (κ2) is 8.58. The number of rotatable bonds is 8. The summed E-state index contributed by atoms with van der Waals surface area (Å²) < 4.78 is 0. The molecule has 0 amide bonds. The maximum Gasteiger partial charge on any atom is 0.00338 e. The summed E-state index contributed by atoms with van der Waals surface area (Å²) in [7, 11) is 1.98. The van der Waals surface area contributed by atoms with Crippen LogP contribution in [0.4, 0.5) is 0 Å². The highest BCUT2D eigenvalue weighted by atomic mass is 15.1. The van der Waals surface area contributed by atoms with Gasteiger partial charge in [0.05, 0.1) is 0 Å². The SMILES string of the molecule is C=C(CC1CCN(CCCCC(C)C)CC1)NC. The third-order valence-corrected chi connectivity index (χ3v) is 4.10. The fourth-order valence-corrected chi connectivity index (χ4v) is 2.75. The van der Waals surface area contributed by atoms with E-state index in [9.17, 15) is 0 Å². The first-order valence-corrected chi connectivity index (χ1v) is 7.69. The highest BCUT2D eigenvalue weighted by Gasteiger charge is 2.19. The zero-order valence-electron chi connectivity index (χ0n) is 12.7. The van der Waals surface area contributed by atoms with Gasteiger partial charge in [-0.1, -0.05) is 33.3 Å². The van der Waals surface area contributed by atoms with Crippen molar-refractivity contribution in [2.45, 2.75) is 52.4 Å². The van der Waals surface area contributed by atoms with E-state index < -0.39 is 0 Å². The summed E-state index contributed by atoms with van der Waals surface area (Å²) in [5.41, 5.74) is 1.20. The van der Waals surface area contributed by atoms with Gasteiger partial charge in [0.15, 0.2) is 0 Å². The summed E-state index contributed by atoms with van der Waals surface area (Å²) in [6.07, 6.45) is 8.03. The number of allylic oxidation sites excluding steroid dienone is 1. The molecule has 0 aromatic heterocycles. The van der Waals surface area contributed by atoms with Gasteiger partial charge in [0.2, 0.25) is 0 Å². The molecule has 0 radical (unpaired) electrons. The molecular weight excluding hydrogens is 220 g/mol. The van der Waals surface area contributed by atoms with Crippen LogP contribution >= 0.6 is 0 Å². The predicted molar refractivity (Wildman–Crippen MR) is 80.7 cm³/mol. The maximum atomic E-state index is 4.04. The number of likely N-dealkylation sites (tertiary alicyclic amines) is 1. The first-order valence-electron chi connectivity index (χ1n) is 7.69. The summed E-state index contributed by atoms with van der Waals surface area (Å²) in [6, 6.07) is 0. The van der Waals surface area contributed by atoms with Gasteiger partial charge in [0.1, 0.15) is 0 Å². The van der Waals surface area contributed by atoms with Crippen molar-refractivity contribution in [2.24, 2.45) is 11.8 Å². The lowest BCUT2D eigenvalue weighted by Crippen LogP contribution is -2.34. The predicted octanol–water partition coefficient (Wildman–Crippen LogP) is 3.65. The topological polar surface area (TPSA) is 15.3 Å². The van der Waals surface area contributed by atoms with Gasteiger partial charge >= 0.3 is 0 Å². The molecule has 2 nitrogen and oxygen atoms in total. The first kappa shape index (κ1) is 15.6. The molecule has 2 heteroatoms. The van der Waals surface area contributed by atoms with Gasteiger partial charge in [-0.3, -0.25) is 0 Å². The summed E-state index contributed by atoms with van der Waals surface area (Å²) in [6.45, 7) is 12.6. The van der Waals surface area contributed by atoms with Gasteiger partial charge in [0.25, 0.3) is 0 Å². The average molecular weight is 252 g/mol. The smallest absolute Gasteiger partial charge is 0.00338 e. The number of hydrogen-bond acceptors (Lipinski definition) is 2. The highest BCUT2D eigenvalue weighted by molar-refractivity contribution is 4.92. The van der Waals surface area contributed by atoms with Gasteiger partial charge in [-0.25, -0.2) is 0 Å². The lowest BCUT2D eigenvalue weighted by molar-refractivity contribution is 0.179. The molecule has 0 bridgehead atoms. The van der Waals surface area contributed by atoms with Crippen LogP contribution in [-0.4, -0.2) is 31.6 Å². The summed E-state index contributed by atoms with van der Waals surface area (Å²) in [5, 5.41) is 3.17. The van der Waals surface area contributed by atoms with Crippen LogP contribution in [0.1, 0.15) is 52.4 Å². The largest absolute Gasteiger partial charge is 0.392 e. The molecule has 1 aliphatic rings. The van der Waals surface area contributed by atoms with E-state index >= 15 is 0 Å². The van der Waals surface area contributed by atoms with Crippen LogP contribution in [0.3, 0.4) is 0 Å². The van der Waals surface area contributed by atoms with Crippen molar-refractivity contribution in [3.63, 3.8) is 0 Å². The Balaban J connectivity index is 2.06. The second-order valence-electron chi connectivity index (χ2n) is 6.23. The van der Waals surface area contributed by atoms with Crippen molar-refractivity contribution < 1.29 is 0 Å². The zero-order chi connectivity index (χ0) is 13.4. The van der Waals surface area contributed by atoms with Crippen LogP contribution in [0.25, 0.3) is 0 Å². The van der Waals surface area contributed by atoms with Gasteiger partial charge in [0, 0.05) is 12.7 Å². The Hall–Kier alpha value is -0.500. The third-order valence-electron chi connectivity index (χ3n) is 4.10. The van der Waals surface area contributed by atoms with E-state index in [1.54, 1.807) is 0 Å². The molecule has 106 valence electrons. The Labute approximate surface area is 114 Å². The van der Waals surface area contributed by atoms with E-state index in [1.807, 2.05) is 7.05 Å². The first-order chi connectivity index (χ1) is 8.61. The van der Waals surface area contributed by atoms with Crippen molar-refractivity contribution >= 4 is 0 Å². The van der Waals surface area contributed by atoms with Crippen LogP contribution < -0.4 is 5.32 Å². The summed E-state index contributed by atoms with van der Waals surface area (Å²) >= 11 is 0. The van der Waals surface area contributed by atoms with Crippen LogP contribution in [0.2, 0.25) is 0 Å². The number of nitrogens with one attached hydrogen (secondary N) is 1. The fourth-order valence-electron chi connectivity index (χ4n) is 2.75. The number of piperidine rings is 1. The van der Waals surface area contributed by atoms with Gasteiger partial charge in [-0.2, -0.15) is 0 Å². The molecule has 1 rings (SSSR count). The average Bonchev–Trinajstić information content (AvgIpc) is 2.36. The van der Waals surface area contributed by atoms with Crippen molar-refractivity contribution in [1.82, 2.24) is 10.2 Å². The molecule has 0 spiro atoms. The van der Waals surface area contributed by atoms with Crippen LogP contribution in [0, 0.1) is 11.8 Å². The highest BCUT2D eigenvalue weighted by Crippen LogP contribution is 2.22. The minimum absolute atomic E-state index is 0.858. The van der Waals surface area contributed by atoms with Gasteiger partial charge in [-0.15, -0.1) is 0 Å². The Kier molecular flexibility index (Phi) is 7.41. The van der Waals surface area contributed by atoms with Crippen LogP contribution in [-0.2, 0) is 0 Å². The number of hydrogen-bond donors (Lipinski definition) is 1. The standard InChI is InChI=1S/C16H32N2/c1-14(2)7-5-6-10-18-11-8-16(9-12-18)13-15(3)17-4/h14,16-17H,3,5-13H2,1-2,4H3. The molecule has 0 saturated carbocycles. The maximum absolute atomic E-state index is 4.04. The second-order valence-corrected chi connectivity index (χ2v) is 6.23. The fraction of sp³-hybridized carbons (Fsp3) is 0.875.